The van der Waals surface area contributed by atoms with E-state index in [0.717, 1.165) is 4.57 Å². The number of H-pyrrole nitrogens is 1. The van der Waals surface area contributed by atoms with Gasteiger partial charge in [-0.1, -0.05) is 0 Å². The van der Waals surface area contributed by atoms with E-state index in [1.54, 1.807) is 0 Å². The Hall–Kier alpha value is -2.61. The van der Waals surface area contributed by atoms with Crippen molar-refractivity contribution in [1.82, 2.24) is 19.5 Å². The second-order valence-corrected chi connectivity index (χ2v) is 7.60. The summed E-state index contributed by atoms with van der Waals surface area (Å²) >= 11 is 0. The lowest BCUT2D eigenvalue weighted by molar-refractivity contribution is -0.0819. The van der Waals surface area contributed by atoms with Crippen LogP contribution in [-0.4, -0.2) is 58.6 Å². The zero-order valence-corrected chi connectivity index (χ0v) is 14.9. The van der Waals surface area contributed by atoms with E-state index in [-0.39, 0.29) is 11.5 Å². The van der Waals surface area contributed by atoms with Gasteiger partial charge in [0.05, 0.1) is 18.2 Å². The van der Waals surface area contributed by atoms with Gasteiger partial charge in [0.2, 0.25) is 0 Å². The van der Waals surface area contributed by atoms with Crippen LogP contribution in [0.15, 0.2) is 29.6 Å². The molecular weight excluding hydrogens is 399 g/mol. The SMILES string of the molecule is NC(=O)P(=O)(O)OC(c1cnc[nH]1)[C@H]1O[C@@H](n2ccc(N)nc2=O)[C@H](O)[C@@H]1O. The molecule has 1 fully saturated rings. The summed E-state index contributed by atoms with van der Waals surface area (Å²) in [5, 5.41) is 20.7. The number of amides is 1. The standard InChI is InChI=1S/C13H17N6O8P/c14-6-1-2-19(13(23)18-6)11-8(21)7(20)10(26-11)9(5-3-16-4-17-5)27-28(24,25)12(15)22/h1-4,7-11,20-21H,(H2,15,22)(H,16,17)(H,24,25)(H2,14,18,23)/t7-,8+,9?,10-,11+/m0/s1. The number of carbonyl (C=O) groups excluding carboxylic acids is 1. The van der Waals surface area contributed by atoms with E-state index in [9.17, 15) is 29.3 Å². The highest BCUT2D eigenvalue weighted by Gasteiger charge is 2.51. The van der Waals surface area contributed by atoms with E-state index < -0.39 is 49.6 Å². The van der Waals surface area contributed by atoms with Crippen LogP contribution in [0.5, 0.6) is 0 Å². The second kappa shape index (κ2) is 7.43. The minimum absolute atomic E-state index is 0.0511. The van der Waals surface area contributed by atoms with E-state index in [4.69, 9.17) is 20.7 Å². The number of nitrogen functional groups attached to an aromatic ring is 1. The summed E-state index contributed by atoms with van der Waals surface area (Å²) in [6, 6.07) is 1.27. The fourth-order valence-corrected chi connectivity index (χ4v) is 3.35. The normalized spacial score (nSPS) is 28.0. The summed E-state index contributed by atoms with van der Waals surface area (Å²) in [4.78, 5) is 42.7. The van der Waals surface area contributed by atoms with Crippen LogP contribution in [0.25, 0.3) is 0 Å². The topological polar surface area (TPSA) is 229 Å². The third-order valence-corrected chi connectivity index (χ3v) is 5.13. The third-order valence-electron chi connectivity index (χ3n) is 4.06. The molecule has 1 aliphatic rings. The molecule has 3 rings (SSSR count). The number of anilines is 1. The van der Waals surface area contributed by atoms with Gasteiger partial charge in [-0.25, -0.2) is 14.3 Å². The molecule has 6 atom stereocenters. The van der Waals surface area contributed by atoms with Gasteiger partial charge in [0.25, 0.3) is 0 Å². The number of primary amides is 1. The molecule has 152 valence electrons. The van der Waals surface area contributed by atoms with Crippen molar-refractivity contribution in [1.29, 1.82) is 0 Å². The molecule has 14 nitrogen and oxygen atoms in total. The largest absolute Gasteiger partial charge is 0.416 e. The van der Waals surface area contributed by atoms with Crippen molar-refractivity contribution in [3.63, 3.8) is 0 Å². The minimum atomic E-state index is -4.95. The average Bonchev–Trinajstić information content (AvgIpc) is 3.24. The first kappa shape index (κ1) is 20.1. The molecule has 1 aliphatic heterocycles. The Balaban J connectivity index is 1.96. The smallest absolute Gasteiger partial charge is 0.387 e. The van der Waals surface area contributed by atoms with Gasteiger partial charge in [-0.2, -0.15) is 4.98 Å². The molecule has 1 amide bonds. The van der Waals surface area contributed by atoms with Crippen LogP contribution in [0.2, 0.25) is 0 Å². The van der Waals surface area contributed by atoms with Crippen molar-refractivity contribution in [3.05, 3.63) is 41.0 Å². The fraction of sp³-hybridized carbons (Fsp3) is 0.385. The maximum absolute atomic E-state index is 12.0. The summed E-state index contributed by atoms with van der Waals surface area (Å²) in [7, 11) is -4.95. The van der Waals surface area contributed by atoms with Crippen LogP contribution in [-0.2, 0) is 13.8 Å². The molecule has 28 heavy (non-hydrogen) atoms. The van der Waals surface area contributed by atoms with Gasteiger partial charge in [-0.3, -0.25) is 13.9 Å². The van der Waals surface area contributed by atoms with Gasteiger partial charge in [0.1, 0.15) is 30.2 Å². The minimum Gasteiger partial charge on any atom is -0.387 e. The molecule has 15 heteroatoms. The lowest BCUT2D eigenvalue weighted by atomic mass is 10.0. The van der Waals surface area contributed by atoms with Crippen LogP contribution in [0.3, 0.4) is 0 Å². The molecular formula is C13H17N6O8P. The third kappa shape index (κ3) is 3.69. The van der Waals surface area contributed by atoms with Crippen LogP contribution in [0.4, 0.5) is 10.6 Å². The van der Waals surface area contributed by atoms with E-state index in [2.05, 4.69) is 15.0 Å². The molecule has 2 unspecified atom stereocenters. The van der Waals surface area contributed by atoms with Crippen molar-refractivity contribution in [3.8, 4) is 0 Å². The Bertz CT molecular complexity index is 964. The number of rotatable bonds is 6. The van der Waals surface area contributed by atoms with Crippen molar-refractivity contribution >= 4 is 19.1 Å². The Morgan fingerprint density at radius 2 is 2.14 bits per heavy atom. The van der Waals surface area contributed by atoms with Crippen LogP contribution in [0.1, 0.15) is 18.0 Å². The highest BCUT2D eigenvalue weighted by Crippen LogP contribution is 2.49. The number of aromatic nitrogens is 4. The fourth-order valence-electron chi connectivity index (χ4n) is 2.71. The monoisotopic (exact) mass is 416 g/mol. The van der Waals surface area contributed by atoms with Crippen molar-refractivity contribution in [2.75, 3.05) is 5.73 Å². The quantitative estimate of drug-likeness (QED) is 0.287. The summed E-state index contributed by atoms with van der Waals surface area (Å²) in [6.45, 7) is 0. The van der Waals surface area contributed by atoms with Gasteiger partial charge in [0.15, 0.2) is 6.23 Å². The molecule has 8 N–H and O–H groups in total. The predicted octanol–water partition coefficient (Wildman–Crippen LogP) is -1.81. The summed E-state index contributed by atoms with van der Waals surface area (Å²) < 4.78 is 23.3. The van der Waals surface area contributed by atoms with E-state index >= 15 is 0 Å². The number of imidazole rings is 1. The van der Waals surface area contributed by atoms with Gasteiger partial charge in [-0.05, 0) is 6.07 Å². The van der Waals surface area contributed by atoms with Crippen molar-refractivity contribution in [2.24, 2.45) is 5.73 Å². The van der Waals surface area contributed by atoms with E-state index in [1.165, 1.54) is 24.8 Å². The summed E-state index contributed by atoms with van der Waals surface area (Å²) in [5.41, 5.74) is 7.84. The molecule has 2 aromatic heterocycles. The molecule has 0 aromatic carbocycles. The summed E-state index contributed by atoms with van der Waals surface area (Å²) in [5.74, 6) is -0.0628. The Kier molecular flexibility index (Phi) is 5.34. The summed E-state index contributed by atoms with van der Waals surface area (Å²) in [6.07, 6.45) is -4.19. The average molecular weight is 416 g/mol. The van der Waals surface area contributed by atoms with Crippen molar-refractivity contribution < 1.29 is 33.7 Å². The highest BCUT2D eigenvalue weighted by atomic mass is 31.2. The van der Waals surface area contributed by atoms with Crippen LogP contribution < -0.4 is 17.2 Å². The zero-order valence-electron chi connectivity index (χ0n) is 14.0. The van der Waals surface area contributed by atoms with Crippen molar-refractivity contribution in [2.45, 2.75) is 30.6 Å². The predicted molar refractivity (Wildman–Crippen MR) is 90.7 cm³/mol. The molecule has 0 spiro atoms. The van der Waals surface area contributed by atoms with Gasteiger partial charge < -0.3 is 36.3 Å². The molecule has 2 aromatic rings. The molecule has 0 aliphatic carbocycles. The number of aliphatic hydroxyl groups excluding tert-OH is 2. The number of nitrogens with one attached hydrogen (secondary N) is 1. The lowest BCUT2D eigenvalue weighted by Crippen LogP contribution is -2.37. The number of ether oxygens (including phenoxy) is 1. The zero-order chi connectivity index (χ0) is 20.6. The highest BCUT2D eigenvalue weighted by molar-refractivity contribution is 7.70. The second-order valence-electron chi connectivity index (χ2n) is 5.91. The number of aliphatic hydroxyl groups is 2. The maximum Gasteiger partial charge on any atom is 0.416 e. The number of hydrogen-bond acceptors (Lipinski definition) is 10. The number of aromatic amines is 1. The molecule has 0 saturated carbocycles. The van der Waals surface area contributed by atoms with E-state index in [1.807, 2.05) is 0 Å². The van der Waals surface area contributed by atoms with Gasteiger partial charge in [-0.15, -0.1) is 0 Å². The first-order valence-corrected chi connectivity index (χ1v) is 9.35. The number of nitrogens with two attached hydrogens (primary N) is 2. The lowest BCUT2D eigenvalue weighted by Gasteiger charge is -2.25. The number of carbonyl (C=O) groups is 1. The van der Waals surface area contributed by atoms with Gasteiger partial charge in [0, 0.05) is 6.20 Å². The van der Waals surface area contributed by atoms with Gasteiger partial charge >= 0.3 is 18.9 Å². The first-order valence-electron chi connectivity index (χ1n) is 7.77. The number of hydrogen-bond donors (Lipinski definition) is 6. The Morgan fingerprint density at radius 3 is 2.71 bits per heavy atom. The first-order chi connectivity index (χ1) is 13.1. The van der Waals surface area contributed by atoms with Crippen LogP contribution >= 0.6 is 7.60 Å². The Morgan fingerprint density at radius 1 is 1.43 bits per heavy atom. The molecule has 0 radical (unpaired) electrons. The molecule has 1 saturated heterocycles. The maximum atomic E-state index is 12.0. The Labute approximate surface area is 156 Å². The van der Waals surface area contributed by atoms with E-state index in [0.29, 0.717) is 0 Å². The molecule has 3 heterocycles. The van der Waals surface area contributed by atoms with Crippen LogP contribution in [0, 0.1) is 0 Å². The number of nitrogens with zero attached hydrogens (tertiary/aromatic N) is 3. The molecule has 0 bridgehead atoms.